The van der Waals surface area contributed by atoms with Crippen molar-refractivity contribution in [3.63, 3.8) is 0 Å². The van der Waals surface area contributed by atoms with Crippen LogP contribution in [0.1, 0.15) is 64.7 Å². The molecule has 2 aliphatic carbocycles. The summed E-state index contributed by atoms with van der Waals surface area (Å²) in [6.07, 6.45) is 12.7. The van der Waals surface area contributed by atoms with Gasteiger partial charge in [-0.2, -0.15) is 0 Å². The van der Waals surface area contributed by atoms with E-state index in [9.17, 15) is 4.79 Å². The minimum Gasteiger partial charge on any atom is -0.378 e. The first-order chi connectivity index (χ1) is 8.86. The standard InChI is InChI=1S/C16H28O2/c1-2-3-4-5-6-11-18-16-14-8-7-13(12-14)15(16)9-10-17/h10,13-16H,2-9,11-12H2,1H3/t13-,14+,15-,16+/m0/s1. The fraction of sp³-hybridized carbons (Fsp3) is 0.938. The van der Waals surface area contributed by atoms with E-state index in [0.29, 0.717) is 12.0 Å². The molecule has 0 amide bonds. The number of hydrogen-bond donors (Lipinski definition) is 0. The minimum atomic E-state index is 0.403. The van der Waals surface area contributed by atoms with Gasteiger partial charge in [-0.05, 0) is 43.4 Å². The van der Waals surface area contributed by atoms with Crippen molar-refractivity contribution in [3.8, 4) is 0 Å². The number of rotatable bonds is 9. The lowest BCUT2D eigenvalue weighted by molar-refractivity contribution is -0.111. The monoisotopic (exact) mass is 252 g/mol. The van der Waals surface area contributed by atoms with Gasteiger partial charge < -0.3 is 9.53 Å². The lowest BCUT2D eigenvalue weighted by Gasteiger charge is -2.30. The summed E-state index contributed by atoms with van der Waals surface area (Å²) in [7, 11) is 0. The van der Waals surface area contributed by atoms with Crippen molar-refractivity contribution >= 4 is 6.29 Å². The third-order valence-electron chi connectivity index (χ3n) is 4.93. The molecule has 0 radical (unpaired) electrons. The predicted octanol–water partition coefficient (Wildman–Crippen LogP) is 3.98. The largest absolute Gasteiger partial charge is 0.378 e. The van der Waals surface area contributed by atoms with Gasteiger partial charge in [0.1, 0.15) is 6.29 Å². The Labute approximate surface area is 111 Å². The van der Waals surface area contributed by atoms with E-state index in [-0.39, 0.29) is 0 Å². The zero-order valence-electron chi connectivity index (χ0n) is 11.8. The maximum atomic E-state index is 10.8. The molecule has 0 spiro atoms. The fourth-order valence-electron chi connectivity index (χ4n) is 3.98. The normalized spacial score (nSPS) is 34.1. The number of ether oxygens (including phenoxy) is 1. The molecule has 2 saturated carbocycles. The molecule has 18 heavy (non-hydrogen) atoms. The molecule has 0 N–H and O–H groups in total. The van der Waals surface area contributed by atoms with Crippen LogP contribution in [0.3, 0.4) is 0 Å². The highest BCUT2D eigenvalue weighted by atomic mass is 16.5. The summed E-state index contributed by atoms with van der Waals surface area (Å²) in [5.74, 6) is 2.08. The molecular formula is C16H28O2. The van der Waals surface area contributed by atoms with E-state index in [1.807, 2.05) is 0 Å². The minimum absolute atomic E-state index is 0.403. The van der Waals surface area contributed by atoms with Crippen molar-refractivity contribution in [2.75, 3.05) is 6.61 Å². The first-order valence-corrected chi connectivity index (χ1v) is 7.92. The fourth-order valence-corrected chi connectivity index (χ4v) is 3.98. The van der Waals surface area contributed by atoms with Crippen molar-refractivity contribution in [3.05, 3.63) is 0 Å². The molecule has 2 nitrogen and oxygen atoms in total. The molecule has 0 aromatic heterocycles. The molecule has 2 heteroatoms. The Balaban J connectivity index is 1.66. The summed E-state index contributed by atoms with van der Waals surface area (Å²) in [5.41, 5.74) is 0. The molecule has 4 atom stereocenters. The number of hydrogen-bond acceptors (Lipinski definition) is 2. The second-order valence-electron chi connectivity index (χ2n) is 6.15. The third-order valence-corrected chi connectivity index (χ3v) is 4.93. The van der Waals surface area contributed by atoms with E-state index in [4.69, 9.17) is 4.74 Å². The third kappa shape index (κ3) is 3.34. The maximum Gasteiger partial charge on any atom is 0.120 e. The molecule has 2 bridgehead atoms. The van der Waals surface area contributed by atoms with Crippen LogP contribution in [0, 0.1) is 17.8 Å². The molecule has 0 aliphatic heterocycles. The van der Waals surface area contributed by atoms with Gasteiger partial charge in [0.05, 0.1) is 6.10 Å². The summed E-state index contributed by atoms with van der Waals surface area (Å²) >= 11 is 0. The molecule has 2 fully saturated rings. The van der Waals surface area contributed by atoms with Crippen LogP contribution in [0.2, 0.25) is 0 Å². The highest BCUT2D eigenvalue weighted by Gasteiger charge is 2.47. The predicted molar refractivity (Wildman–Crippen MR) is 73.5 cm³/mol. The average molecular weight is 252 g/mol. The Kier molecular flexibility index (Phi) is 5.68. The second kappa shape index (κ2) is 7.28. The molecule has 2 rings (SSSR count). The number of fused-ring (bicyclic) bond motifs is 2. The second-order valence-corrected chi connectivity index (χ2v) is 6.15. The summed E-state index contributed by atoms with van der Waals surface area (Å²) in [5, 5.41) is 0. The molecule has 0 aromatic rings. The number of carbonyl (C=O) groups excluding carboxylic acids is 1. The van der Waals surface area contributed by atoms with Gasteiger partial charge in [-0.15, -0.1) is 0 Å². The van der Waals surface area contributed by atoms with Crippen molar-refractivity contribution in [1.82, 2.24) is 0 Å². The van der Waals surface area contributed by atoms with E-state index < -0.39 is 0 Å². The van der Waals surface area contributed by atoms with Gasteiger partial charge in [-0.25, -0.2) is 0 Å². The van der Waals surface area contributed by atoms with Crippen LogP contribution < -0.4 is 0 Å². The van der Waals surface area contributed by atoms with Crippen molar-refractivity contribution in [1.29, 1.82) is 0 Å². The van der Waals surface area contributed by atoms with Gasteiger partial charge in [0.25, 0.3) is 0 Å². The molecule has 0 saturated heterocycles. The molecule has 104 valence electrons. The molecule has 2 aliphatic rings. The average Bonchev–Trinajstić information content (AvgIpc) is 2.96. The highest BCUT2D eigenvalue weighted by molar-refractivity contribution is 5.50. The van der Waals surface area contributed by atoms with Crippen LogP contribution >= 0.6 is 0 Å². The van der Waals surface area contributed by atoms with Gasteiger partial charge >= 0.3 is 0 Å². The van der Waals surface area contributed by atoms with E-state index in [1.165, 1.54) is 51.4 Å². The molecule has 0 heterocycles. The van der Waals surface area contributed by atoms with Gasteiger partial charge in [0.2, 0.25) is 0 Å². The van der Waals surface area contributed by atoms with E-state index in [0.717, 1.165) is 31.1 Å². The van der Waals surface area contributed by atoms with Crippen LogP contribution in [0.15, 0.2) is 0 Å². The van der Waals surface area contributed by atoms with Crippen molar-refractivity contribution in [2.45, 2.75) is 70.8 Å². The van der Waals surface area contributed by atoms with Crippen LogP contribution in [-0.4, -0.2) is 19.0 Å². The van der Waals surface area contributed by atoms with Gasteiger partial charge in [-0.1, -0.05) is 32.6 Å². The van der Waals surface area contributed by atoms with Gasteiger partial charge in [0.15, 0.2) is 0 Å². The number of unbranched alkanes of at least 4 members (excludes halogenated alkanes) is 4. The topological polar surface area (TPSA) is 26.3 Å². The number of carbonyl (C=O) groups is 1. The summed E-state index contributed by atoms with van der Waals surface area (Å²) < 4.78 is 6.12. The Morgan fingerprint density at radius 3 is 2.67 bits per heavy atom. The number of aldehydes is 1. The highest BCUT2D eigenvalue weighted by Crippen LogP contribution is 2.50. The lowest BCUT2D eigenvalue weighted by Crippen LogP contribution is -2.31. The molecule has 0 aromatic carbocycles. The van der Waals surface area contributed by atoms with Gasteiger partial charge in [0, 0.05) is 13.0 Å². The first-order valence-electron chi connectivity index (χ1n) is 7.92. The van der Waals surface area contributed by atoms with Crippen LogP contribution in [0.5, 0.6) is 0 Å². The van der Waals surface area contributed by atoms with Crippen molar-refractivity contribution < 1.29 is 9.53 Å². The van der Waals surface area contributed by atoms with E-state index in [1.54, 1.807) is 0 Å². The first kappa shape index (κ1) is 14.0. The van der Waals surface area contributed by atoms with E-state index >= 15 is 0 Å². The SMILES string of the molecule is CCCCCCCO[C@@H]1[C@@H]2CC[C@@H](C2)[C@@H]1CC=O. The van der Waals surface area contributed by atoms with Crippen LogP contribution in [-0.2, 0) is 9.53 Å². The quantitative estimate of drug-likeness (QED) is 0.458. The summed E-state index contributed by atoms with van der Waals surface area (Å²) in [4.78, 5) is 10.8. The van der Waals surface area contributed by atoms with E-state index in [2.05, 4.69) is 6.92 Å². The Hall–Kier alpha value is -0.370. The zero-order chi connectivity index (χ0) is 12.8. The maximum absolute atomic E-state index is 10.8. The molecular weight excluding hydrogens is 224 g/mol. The summed E-state index contributed by atoms with van der Waals surface area (Å²) in [6, 6.07) is 0. The lowest BCUT2D eigenvalue weighted by atomic mass is 9.84. The van der Waals surface area contributed by atoms with Gasteiger partial charge in [-0.3, -0.25) is 0 Å². The van der Waals surface area contributed by atoms with Crippen LogP contribution in [0.4, 0.5) is 0 Å². The Morgan fingerprint density at radius 1 is 1.11 bits per heavy atom. The Bertz CT molecular complexity index is 251. The zero-order valence-corrected chi connectivity index (χ0v) is 11.8. The molecule has 0 unspecified atom stereocenters. The van der Waals surface area contributed by atoms with Crippen LogP contribution in [0.25, 0.3) is 0 Å². The Morgan fingerprint density at radius 2 is 1.89 bits per heavy atom. The summed E-state index contributed by atoms with van der Waals surface area (Å²) in [6.45, 7) is 3.16. The smallest absolute Gasteiger partial charge is 0.120 e. The van der Waals surface area contributed by atoms with Crippen molar-refractivity contribution in [2.24, 2.45) is 17.8 Å².